The van der Waals surface area contributed by atoms with Crippen molar-refractivity contribution in [3.05, 3.63) is 181 Å². The van der Waals surface area contributed by atoms with Gasteiger partial charge in [0.05, 0.1) is 0 Å². The second kappa shape index (κ2) is 10.8. The van der Waals surface area contributed by atoms with Crippen LogP contribution in [0.15, 0.2) is 170 Å². The van der Waals surface area contributed by atoms with Crippen molar-refractivity contribution in [1.29, 1.82) is 0 Å². The van der Waals surface area contributed by atoms with Crippen LogP contribution in [0.2, 0.25) is 0 Å². The van der Waals surface area contributed by atoms with E-state index in [4.69, 9.17) is 4.74 Å². The Labute approximate surface area is 303 Å². The van der Waals surface area contributed by atoms with E-state index >= 15 is 0 Å². The maximum atomic E-state index is 6.92. The van der Waals surface area contributed by atoms with Gasteiger partial charge in [-0.25, -0.2) is 0 Å². The highest BCUT2D eigenvalue weighted by atomic mass is 16.5. The van der Waals surface area contributed by atoms with E-state index in [1.165, 1.54) is 82.4 Å². The van der Waals surface area contributed by atoms with Crippen LogP contribution in [0.3, 0.4) is 0 Å². The summed E-state index contributed by atoms with van der Waals surface area (Å²) in [5, 5.41) is 7.26. The Morgan fingerprint density at radius 3 is 1.85 bits per heavy atom. The molecule has 0 aromatic heterocycles. The van der Waals surface area contributed by atoms with Crippen molar-refractivity contribution in [2.45, 2.75) is 19.3 Å². The summed E-state index contributed by atoms with van der Waals surface area (Å²) in [5.74, 6) is 1.83. The predicted molar refractivity (Wildman–Crippen MR) is 218 cm³/mol. The molecule has 0 N–H and O–H groups in total. The molecule has 1 aliphatic heterocycles. The monoisotopic (exact) mass is 662 g/mol. The van der Waals surface area contributed by atoms with Gasteiger partial charge >= 0.3 is 0 Å². The highest BCUT2D eigenvalue weighted by Gasteiger charge is 2.35. The van der Waals surface area contributed by atoms with E-state index in [0.717, 1.165) is 28.2 Å². The Morgan fingerprint density at radius 2 is 0.981 bits per heavy atom. The van der Waals surface area contributed by atoms with Crippen molar-refractivity contribution in [1.82, 2.24) is 0 Å². The third kappa shape index (κ3) is 4.23. The van der Waals surface area contributed by atoms with Gasteiger partial charge in [0, 0.05) is 21.9 Å². The van der Waals surface area contributed by atoms with Gasteiger partial charge in [-0.2, -0.15) is 0 Å². The van der Waals surface area contributed by atoms with E-state index in [-0.39, 0.29) is 5.41 Å². The standard InChI is InChI=1S/C51H34O/c1-51(2)46-17-7-6-12-40(46)41-25-24-36(29-47(41)51)33-18-19-34-27-37(22-20-32(34)26-33)39-13-8-16-44-42-14-9-15-43-45-28-35(31-10-4-3-5-11-31)21-23-38(45)30-48(49(42)43)52-50(39)44/h3-30H,1-2H3. The minimum Gasteiger partial charge on any atom is -0.455 e. The minimum absolute atomic E-state index is 0.0182. The number of hydrogen-bond acceptors (Lipinski definition) is 1. The van der Waals surface area contributed by atoms with E-state index in [2.05, 4.69) is 184 Å². The van der Waals surface area contributed by atoms with E-state index in [1.807, 2.05) is 0 Å². The van der Waals surface area contributed by atoms with Crippen LogP contribution in [0.25, 0.3) is 88.0 Å². The van der Waals surface area contributed by atoms with Crippen LogP contribution >= 0.6 is 0 Å². The summed E-state index contributed by atoms with van der Waals surface area (Å²) in [6, 6.07) is 62.3. The fraction of sp³-hybridized carbons (Fsp3) is 0.0588. The number of benzene rings is 9. The zero-order valence-electron chi connectivity index (χ0n) is 29.1. The average molecular weight is 663 g/mol. The van der Waals surface area contributed by atoms with Crippen molar-refractivity contribution in [3.63, 3.8) is 0 Å². The largest absolute Gasteiger partial charge is 0.455 e. The first-order chi connectivity index (χ1) is 25.5. The van der Waals surface area contributed by atoms with Crippen LogP contribution < -0.4 is 4.74 Å². The second-order valence-electron chi connectivity index (χ2n) is 14.9. The average Bonchev–Trinajstić information content (AvgIpc) is 3.43. The van der Waals surface area contributed by atoms with Gasteiger partial charge in [0.1, 0.15) is 11.5 Å². The molecule has 244 valence electrons. The van der Waals surface area contributed by atoms with Crippen LogP contribution in [0, 0.1) is 0 Å². The Bertz CT molecular complexity index is 2950. The molecule has 0 saturated heterocycles. The molecule has 11 rings (SSSR count). The summed E-state index contributed by atoms with van der Waals surface area (Å²) in [6.45, 7) is 4.69. The molecule has 1 heterocycles. The molecule has 0 atom stereocenters. The van der Waals surface area contributed by atoms with Gasteiger partial charge in [0.2, 0.25) is 0 Å². The van der Waals surface area contributed by atoms with Gasteiger partial charge in [-0.15, -0.1) is 0 Å². The third-order valence-corrected chi connectivity index (χ3v) is 11.6. The van der Waals surface area contributed by atoms with Gasteiger partial charge in [0.25, 0.3) is 0 Å². The van der Waals surface area contributed by atoms with Crippen LogP contribution in [-0.2, 0) is 5.41 Å². The molecule has 1 aliphatic carbocycles. The molecule has 0 spiro atoms. The maximum absolute atomic E-state index is 6.92. The maximum Gasteiger partial charge on any atom is 0.143 e. The summed E-state index contributed by atoms with van der Waals surface area (Å²) in [4.78, 5) is 0. The van der Waals surface area contributed by atoms with Crippen molar-refractivity contribution in [2.24, 2.45) is 0 Å². The van der Waals surface area contributed by atoms with Gasteiger partial charge < -0.3 is 4.74 Å². The first-order valence-electron chi connectivity index (χ1n) is 18.2. The van der Waals surface area contributed by atoms with Crippen molar-refractivity contribution < 1.29 is 4.74 Å². The molecule has 0 bridgehead atoms. The minimum atomic E-state index is -0.0182. The van der Waals surface area contributed by atoms with E-state index < -0.39 is 0 Å². The Morgan fingerprint density at radius 1 is 0.365 bits per heavy atom. The van der Waals surface area contributed by atoms with E-state index in [9.17, 15) is 0 Å². The summed E-state index contributed by atoms with van der Waals surface area (Å²) >= 11 is 0. The molecule has 1 nitrogen and oxygen atoms in total. The number of para-hydroxylation sites is 1. The lowest BCUT2D eigenvalue weighted by Crippen LogP contribution is -2.14. The Balaban J connectivity index is 0.983. The van der Waals surface area contributed by atoms with Gasteiger partial charge in [-0.1, -0.05) is 153 Å². The summed E-state index contributed by atoms with van der Waals surface area (Å²) in [6.07, 6.45) is 0. The number of ether oxygens (including phenoxy) is 1. The normalized spacial score (nSPS) is 13.5. The summed E-state index contributed by atoms with van der Waals surface area (Å²) in [7, 11) is 0. The molecule has 9 aromatic carbocycles. The summed E-state index contributed by atoms with van der Waals surface area (Å²) in [5.41, 5.74) is 15.0. The predicted octanol–water partition coefficient (Wildman–Crippen LogP) is 14.2. The first kappa shape index (κ1) is 29.3. The highest BCUT2D eigenvalue weighted by Crippen LogP contribution is 2.53. The van der Waals surface area contributed by atoms with Crippen LogP contribution in [0.1, 0.15) is 25.0 Å². The smallest absolute Gasteiger partial charge is 0.143 e. The molecule has 9 aromatic rings. The molecular weight excluding hydrogens is 629 g/mol. The lowest BCUT2D eigenvalue weighted by Gasteiger charge is -2.25. The Kier molecular flexibility index (Phi) is 6.08. The molecule has 0 amide bonds. The highest BCUT2D eigenvalue weighted by molar-refractivity contribution is 6.17. The van der Waals surface area contributed by atoms with Gasteiger partial charge in [0.15, 0.2) is 0 Å². The molecule has 0 fully saturated rings. The quantitative estimate of drug-likeness (QED) is 0.171. The van der Waals surface area contributed by atoms with Crippen molar-refractivity contribution in [3.8, 4) is 67.1 Å². The Hall–Kier alpha value is -6.44. The van der Waals surface area contributed by atoms with Crippen LogP contribution in [0.4, 0.5) is 0 Å². The van der Waals surface area contributed by atoms with Gasteiger partial charge in [-0.3, -0.25) is 0 Å². The third-order valence-electron chi connectivity index (χ3n) is 11.6. The molecule has 2 aliphatic rings. The fourth-order valence-corrected chi connectivity index (χ4v) is 8.96. The van der Waals surface area contributed by atoms with Crippen LogP contribution in [0.5, 0.6) is 11.5 Å². The van der Waals surface area contributed by atoms with Crippen molar-refractivity contribution in [2.75, 3.05) is 0 Å². The molecule has 1 heteroatoms. The molecular formula is C51H34O. The SMILES string of the molecule is CC1(C)c2ccccc2-c2ccc(-c3ccc4cc(-c5cccc6c5Oc5cc7ccc(-c8ccccc8)cc7c7cccc-6c57)ccc4c3)cc21. The van der Waals surface area contributed by atoms with Crippen LogP contribution in [-0.4, -0.2) is 0 Å². The number of rotatable bonds is 3. The van der Waals surface area contributed by atoms with Gasteiger partial charge in [-0.05, 0) is 113 Å². The van der Waals surface area contributed by atoms with E-state index in [0.29, 0.717) is 0 Å². The lowest BCUT2D eigenvalue weighted by molar-refractivity contribution is 0.489. The topological polar surface area (TPSA) is 9.23 Å². The molecule has 52 heavy (non-hydrogen) atoms. The second-order valence-corrected chi connectivity index (χ2v) is 14.9. The first-order valence-corrected chi connectivity index (χ1v) is 18.2. The van der Waals surface area contributed by atoms with E-state index in [1.54, 1.807) is 0 Å². The molecule has 0 radical (unpaired) electrons. The fourth-order valence-electron chi connectivity index (χ4n) is 8.96. The number of hydrogen-bond donors (Lipinski definition) is 0. The zero-order valence-corrected chi connectivity index (χ0v) is 29.1. The summed E-state index contributed by atoms with van der Waals surface area (Å²) < 4.78 is 6.92. The molecule has 0 unspecified atom stereocenters. The van der Waals surface area contributed by atoms with Crippen molar-refractivity contribution >= 4 is 32.3 Å². The lowest BCUT2D eigenvalue weighted by atomic mass is 9.81. The number of fused-ring (bicyclic) bond motifs is 8. The molecule has 0 saturated carbocycles. The zero-order chi connectivity index (χ0) is 34.6.